The van der Waals surface area contributed by atoms with Crippen LogP contribution in [0.2, 0.25) is 0 Å². The van der Waals surface area contributed by atoms with Gasteiger partial charge in [-0.15, -0.1) is 0 Å². The van der Waals surface area contributed by atoms with E-state index in [1.165, 1.54) is 25.7 Å². The van der Waals surface area contributed by atoms with Crippen molar-refractivity contribution in [3.63, 3.8) is 0 Å². The summed E-state index contributed by atoms with van der Waals surface area (Å²) in [6, 6.07) is 0. The van der Waals surface area contributed by atoms with Gasteiger partial charge in [-0.2, -0.15) is 0 Å². The molecule has 2 N–H and O–H groups in total. The standard InChI is InChI=1S/C27H45NO5/c1-5-6-7-8-9-10-11-12-13-14-15-16-17-18-19-20-24(29)21-27(32)33-25(22-26(30)31)23-28(2,3)4/h9-10,12-13,15-16,18-19,24-25,29H,5-8,11,14,17,20-23H2,1-4H3/p+1/b10-9-,13-12-,16-15-,19-18-. The van der Waals surface area contributed by atoms with Gasteiger partial charge in [-0.25, -0.2) is 0 Å². The number of unbranched alkanes of at least 4 members (excludes halogenated alkanes) is 3. The van der Waals surface area contributed by atoms with Gasteiger partial charge in [0.2, 0.25) is 0 Å². The number of hydrogen-bond acceptors (Lipinski definition) is 4. The predicted octanol–water partition coefficient (Wildman–Crippen LogP) is 5.20. The first-order chi connectivity index (χ1) is 15.6. The van der Waals surface area contributed by atoms with Gasteiger partial charge >= 0.3 is 11.9 Å². The zero-order chi connectivity index (χ0) is 25.0. The maximum absolute atomic E-state index is 12.1. The number of nitrogens with zero attached hydrogens (tertiary/aromatic N) is 1. The molecule has 2 unspecified atom stereocenters. The molecule has 0 fully saturated rings. The minimum atomic E-state index is -1.01. The molecule has 0 aliphatic rings. The second kappa shape index (κ2) is 19.3. The highest BCUT2D eigenvalue weighted by atomic mass is 16.5. The molecule has 0 rings (SSSR count). The summed E-state index contributed by atoms with van der Waals surface area (Å²) < 4.78 is 5.78. The third-order valence-electron chi connectivity index (χ3n) is 4.72. The van der Waals surface area contributed by atoms with Gasteiger partial charge < -0.3 is 19.4 Å². The van der Waals surface area contributed by atoms with E-state index in [4.69, 9.17) is 9.84 Å². The van der Waals surface area contributed by atoms with Crippen molar-refractivity contribution in [2.45, 2.75) is 83.3 Å². The topological polar surface area (TPSA) is 83.8 Å². The van der Waals surface area contributed by atoms with E-state index >= 15 is 0 Å². The van der Waals surface area contributed by atoms with E-state index in [9.17, 15) is 14.7 Å². The number of carboxylic acid groups (broad SMARTS) is 1. The Hall–Kier alpha value is -2.18. The molecule has 2 atom stereocenters. The Morgan fingerprint density at radius 3 is 1.91 bits per heavy atom. The maximum atomic E-state index is 12.1. The third kappa shape index (κ3) is 22.8. The van der Waals surface area contributed by atoms with Crippen molar-refractivity contribution < 1.29 is 29.0 Å². The number of carbonyl (C=O) groups excluding carboxylic acids is 1. The van der Waals surface area contributed by atoms with Gasteiger partial charge in [0.15, 0.2) is 6.10 Å². The molecule has 0 saturated carbocycles. The summed E-state index contributed by atoms with van der Waals surface area (Å²) in [6.45, 7) is 2.61. The highest BCUT2D eigenvalue weighted by molar-refractivity contribution is 5.72. The lowest BCUT2D eigenvalue weighted by Crippen LogP contribution is -2.44. The fraction of sp³-hybridized carbons (Fsp3) is 0.630. The van der Waals surface area contributed by atoms with Crippen LogP contribution in [0, 0.1) is 0 Å². The summed E-state index contributed by atoms with van der Waals surface area (Å²) in [6.07, 6.45) is 22.9. The number of quaternary nitrogens is 1. The minimum absolute atomic E-state index is 0.148. The normalized spacial score (nSPS) is 14.6. The number of ether oxygens (including phenoxy) is 1. The molecular formula is C27H46NO5+. The average Bonchev–Trinajstić information content (AvgIpc) is 2.68. The van der Waals surface area contributed by atoms with E-state index in [1.54, 1.807) is 0 Å². The minimum Gasteiger partial charge on any atom is -0.481 e. The van der Waals surface area contributed by atoms with Gasteiger partial charge in [-0.1, -0.05) is 68.4 Å². The Balaban J connectivity index is 4.04. The van der Waals surface area contributed by atoms with Gasteiger partial charge in [-0.05, 0) is 38.5 Å². The summed E-state index contributed by atoms with van der Waals surface area (Å²) in [4.78, 5) is 23.1. The number of aliphatic hydroxyl groups is 1. The van der Waals surface area contributed by atoms with E-state index in [0.717, 1.165) is 19.3 Å². The maximum Gasteiger partial charge on any atom is 0.308 e. The van der Waals surface area contributed by atoms with Crippen LogP contribution in [0.5, 0.6) is 0 Å². The number of aliphatic carboxylic acids is 1. The van der Waals surface area contributed by atoms with Crippen LogP contribution in [0.1, 0.15) is 71.1 Å². The van der Waals surface area contributed by atoms with E-state index in [-0.39, 0.29) is 12.8 Å². The lowest BCUT2D eigenvalue weighted by molar-refractivity contribution is -0.873. The Labute approximate surface area is 200 Å². The smallest absolute Gasteiger partial charge is 0.308 e. The van der Waals surface area contributed by atoms with Crippen molar-refractivity contribution in [3.8, 4) is 0 Å². The highest BCUT2D eigenvalue weighted by Crippen LogP contribution is 2.09. The molecule has 0 amide bonds. The Morgan fingerprint density at radius 2 is 1.39 bits per heavy atom. The fourth-order valence-electron chi connectivity index (χ4n) is 3.16. The van der Waals surface area contributed by atoms with Gasteiger partial charge in [-0.3, -0.25) is 9.59 Å². The molecule has 6 heteroatoms. The summed E-state index contributed by atoms with van der Waals surface area (Å²) >= 11 is 0. The molecule has 0 spiro atoms. The first-order valence-corrected chi connectivity index (χ1v) is 12.1. The number of carboxylic acids is 1. The van der Waals surface area contributed by atoms with Crippen LogP contribution in [0.4, 0.5) is 0 Å². The van der Waals surface area contributed by atoms with Crippen molar-refractivity contribution in [3.05, 3.63) is 48.6 Å². The van der Waals surface area contributed by atoms with Crippen LogP contribution < -0.4 is 0 Å². The summed E-state index contributed by atoms with van der Waals surface area (Å²) in [7, 11) is 5.71. The van der Waals surface area contributed by atoms with Crippen molar-refractivity contribution >= 4 is 11.9 Å². The molecule has 0 bridgehead atoms. The van der Waals surface area contributed by atoms with Crippen molar-refractivity contribution in [1.82, 2.24) is 0 Å². The molecule has 6 nitrogen and oxygen atoms in total. The van der Waals surface area contributed by atoms with Gasteiger partial charge in [0.1, 0.15) is 6.54 Å². The number of rotatable bonds is 19. The number of likely N-dealkylation sites (N-methyl/N-ethyl adjacent to an activating group) is 1. The summed E-state index contributed by atoms with van der Waals surface area (Å²) in [5, 5.41) is 19.1. The largest absolute Gasteiger partial charge is 0.481 e. The quantitative estimate of drug-likeness (QED) is 0.119. The van der Waals surface area contributed by atoms with Crippen LogP contribution in [0.15, 0.2) is 48.6 Å². The molecule has 0 aliphatic heterocycles. The van der Waals surface area contributed by atoms with Crippen LogP contribution in [0.25, 0.3) is 0 Å². The van der Waals surface area contributed by atoms with Gasteiger partial charge in [0.25, 0.3) is 0 Å². The molecule has 0 aromatic rings. The first-order valence-electron chi connectivity index (χ1n) is 12.1. The number of allylic oxidation sites excluding steroid dienone is 7. The molecule has 0 radical (unpaired) electrons. The van der Waals surface area contributed by atoms with E-state index in [0.29, 0.717) is 17.4 Å². The number of carbonyl (C=O) groups is 2. The van der Waals surface area contributed by atoms with Crippen LogP contribution >= 0.6 is 0 Å². The van der Waals surface area contributed by atoms with Crippen molar-refractivity contribution in [2.75, 3.05) is 27.7 Å². The lowest BCUT2D eigenvalue weighted by atomic mass is 10.1. The van der Waals surface area contributed by atoms with Crippen molar-refractivity contribution in [2.24, 2.45) is 0 Å². The lowest BCUT2D eigenvalue weighted by Gasteiger charge is -2.28. The average molecular weight is 465 g/mol. The van der Waals surface area contributed by atoms with E-state index in [2.05, 4.69) is 43.4 Å². The van der Waals surface area contributed by atoms with Crippen molar-refractivity contribution in [1.29, 1.82) is 0 Å². The summed E-state index contributed by atoms with van der Waals surface area (Å²) in [5.41, 5.74) is 0. The highest BCUT2D eigenvalue weighted by Gasteiger charge is 2.25. The fourth-order valence-corrected chi connectivity index (χ4v) is 3.16. The Bertz CT molecular complexity index is 643. The number of aliphatic hydroxyl groups excluding tert-OH is 1. The molecule has 0 heterocycles. The van der Waals surface area contributed by atoms with Gasteiger partial charge in [0.05, 0.1) is 40.1 Å². The Kier molecular flexibility index (Phi) is 18.0. The van der Waals surface area contributed by atoms with Crippen LogP contribution in [0.3, 0.4) is 0 Å². The Morgan fingerprint density at radius 1 is 0.848 bits per heavy atom. The molecule has 0 aromatic carbocycles. The number of hydrogen-bond donors (Lipinski definition) is 2. The van der Waals surface area contributed by atoms with Gasteiger partial charge in [0, 0.05) is 0 Å². The zero-order valence-electron chi connectivity index (χ0n) is 21.1. The molecule has 0 aliphatic carbocycles. The second-order valence-corrected chi connectivity index (χ2v) is 9.36. The zero-order valence-corrected chi connectivity index (χ0v) is 21.1. The van der Waals surface area contributed by atoms with E-state index in [1.807, 2.05) is 33.3 Å². The molecule has 0 aromatic heterocycles. The molecule has 33 heavy (non-hydrogen) atoms. The second-order valence-electron chi connectivity index (χ2n) is 9.36. The number of esters is 1. The van der Waals surface area contributed by atoms with Crippen LogP contribution in [-0.4, -0.2) is 66.5 Å². The molecular weight excluding hydrogens is 418 g/mol. The predicted molar refractivity (Wildman–Crippen MR) is 135 cm³/mol. The first kappa shape index (κ1) is 30.8. The molecule has 0 saturated heterocycles. The molecule has 188 valence electrons. The SMILES string of the molecule is CCCCC/C=C\C/C=C\C/C=C\C/C=C\CC(O)CC(=O)OC(CC(=O)O)C[N+](C)(C)C. The third-order valence-corrected chi connectivity index (χ3v) is 4.72. The monoisotopic (exact) mass is 464 g/mol. The van der Waals surface area contributed by atoms with Crippen LogP contribution in [-0.2, 0) is 14.3 Å². The summed E-state index contributed by atoms with van der Waals surface area (Å²) in [5.74, 6) is -1.58. The van der Waals surface area contributed by atoms with E-state index < -0.39 is 24.1 Å².